The third kappa shape index (κ3) is 4.07. The van der Waals surface area contributed by atoms with Crippen molar-refractivity contribution in [3.63, 3.8) is 0 Å². The quantitative estimate of drug-likeness (QED) is 0.772. The normalized spacial score (nSPS) is 23.8. The number of carbonyl (C=O) groups is 1. The predicted molar refractivity (Wildman–Crippen MR) is 85.0 cm³/mol. The molecule has 3 unspecified atom stereocenters. The van der Waals surface area contributed by atoms with Crippen molar-refractivity contribution < 1.29 is 9.53 Å². The Bertz CT molecular complexity index is 446. The van der Waals surface area contributed by atoms with Crippen LogP contribution in [0.4, 0.5) is 0 Å². The van der Waals surface area contributed by atoms with Gasteiger partial charge < -0.3 is 4.74 Å². The van der Waals surface area contributed by atoms with Crippen LogP contribution in [0.2, 0.25) is 0 Å². The third-order valence-electron chi connectivity index (χ3n) is 4.52. The summed E-state index contributed by atoms with van der Waals surface area (Å²) in [4.78, 5) is 14.7. The van der Waals surface area contributed by atoms with Gasteiger partial charge in [-0.25, -0.2) is 4.79 Å². The van der Waals surface area contributed by atoms with Gasteiger partial charge in [-0.1, -0.05) is 50.1 Å². The molecule has 3 heteroatoms. The summed E-state index contributed by atoms with van der Waals surface area (Å²) >= 11 is 0. The molecule has 3 atom stereocenters. The standard InChI is InChI=1S/C18H27NO2/c1-4-21-18(20)17(15-10-6-5-7-11-15)19(3)16-12-8-9-14(2)13-16/h5-7,10-11,14,16-17H,4,8-9,12-13H2,1-3H3. The Labute approximate surface area is 128 Å². The lowest BCUT2D eigenvalue weighted by molar-refractivity contribution is -0.150. The van der Waals surface area contributed by atoms with Gasteiger partial charge in [0.25, 0.3) is 0 Å². The van der Waals surface area contributed by atoms with Crippen LogP contribution in [0.1, 0.15) is 51.1 Å². The molecule has 0 saturated heterocycles. The highest BCUT2D eigenvalue weighted by Crippen LogP contribution is 2.32. The molecule has 1 aliphatic rings. The van der Waals surface area contributed by atoms with Crippen LogP contribution >= 0.6 is 0 Å². The van der Waals surface area contributed by atoms with Crippen LogP contribution in [0.15, 0.2) is 30.3 Å². The monoisotopic (exact) mass is 289 g/mol. The van der Waals surface area contributed by atoms with E-state index >= 15 is 0 Å². The van der Waals surface area contributed by atoms with E-state index in [9.17, 15) is 4.79 Å². The first-order valence-electron chi connectivity index (χ1n) is 8.07. The number of carbonyl (C=O) groups excluding carboxylic acids is 1. The second-order valence-corrected chi connectivity index (χ2v) is 6.16. The molecule has 0 heterocycles. The summed E-state index contributed by atoms with van der Waals surface area (Å²) in [5.74, 6) is 0.606. The Morgan fingerprint density at radius 3 is 2.67 bits per heavy atom. The van der Waals surface area contributed by atoms with Crippen molar-refractivity contribution in [1.82, 2.24) is 4.90 Å². The first-order chi connectivity index (χ1) is 10.1. The van der Waals surface area contributed by atoms with Crippen molar-refractivity contribution in [2.45, 2.75) is 51.6 Å². The summed E-state index contributed by atoms with van der Waals surface area (Å²) in [6.07, 6.45) is 4.89. The molecule has 1 aromatic rings. The number of benzene rings is 1. The second kappa shape index (κ2) is 7.60. The molecule has 3 nitrogen and oxygen atoms in total. The fraction of sp³-hybridized carbons (Fsp3) is 0.611. The number of rotatable bonds is 5. The van der Waals surface area contributed by atoms with E-state index in [-0.39, 0.29) is 12.0 Å². The minimum absolute atomic E-state index is 0.135. The average molecular weight is 289 g/mol. The summed E-state index contributed by atoms with van der Waals surface area (Å²) in [5.41, 5.74) is 1.02. The topological polar surface area (TPSA) is 29.5 Å². The predicted octanol–water partition coefficient (Wildman–Crippen LogP) is 3.80. The maximum atomic E-state index is 12.4. The molecule has 0 aliphatic heterocycles. The summed E-state index contributed by atoms with van der Waals surface area (Å²) in [7, 11) is 2.07. The number of nitrogens with zero attached hydrogens (tertiary/aromatic N) is 1. The maximum Gasteiger partial charge on any atom is 0.327 e. The van der Waals surface area contributed by atoms with Gasteiger partial charge in [-0.2, -0.15) is 0 Å². The smallest absolute Gasteiger partial charge is 0.327 e. The molecule has 1 fully saturated rings. The molecular weight excluding hydrogens is 262 g/mol. The van der Waals surface area contributed by atoms with E-state index in [1.54, 1.807) is 0 Å². The number of esters is 1. The van der Waals surface area contributed by atoms with E-state index < -0.39 is 0 Å². The van der Waals surface area contributed by atoms with Crippen LogP contribution in [-0.2, 0) is 9.53 Å². The van der Waals surface area contributed by atoms with Gasteiger partial charge in [-0.05, 0) is 38.3 Å². The lowest BCUT2D eigenvalue weighted by Gasteiger charge is -2.38. The van der Waals surface area contributed by atoms with E-state index in [1.165, 1.54) is 25.7 Å². The number of likely N-dealkylation sites (N-methyl/N-ethyl adjacent to an activating group) is 1. The largest absolute Gasteiger partial charge is 0.465 e. The van der Waals surface area contributed by atoms with Crippen LogP contribution in [0, 0.1) is 5.92 Å². The minimum atomic E-state index is -0.290. The fourth-order valence-corrected chi connectivity index (χ4v) is 3.38. The molecule has 0 aromatic heterocycles. The zero-order valence-corrected chi connectivity index (χ0v) is 13.4. The van der Waals surface area contributed by atoms with Gasteiger partial charge in [0.1, 0.15) is 6.04 Å². The van der Waals surface area contributed by atoms with Gasteiger partial charge in [0.15, 0.2) is 0 Å². The summed E-state index contributed by atoms with van der Waals surface area (Å²) in [6.45, 7) is 4.60. The Balaban J connectivity index is 2.20. The highest BCUT2D eigenvalue weighted by atomic mass is 16.5. The van der Waals surface area contributed by atoms with E-state index in [0.717, 1.165) is 11.5 Å². The van der Waals surface area contributed by atoms with Crippen LogP contribution in [-0.4, -0.2) is 30.6 Å². The maximum absolute atomic E-state index is 12.4. The molecule has 116 valence electrons. The molecule has 2 rings (SSSR count). The lowest BCUT2D eigenvalue weighted by Crippen LogP contribution is -2.41. The van der Waals surface area contributed by atoms with Gasteiger partial charge in [-0.3, -0.25) is 4.90 Å². The number of ether oxygens (including phenoxy) is 1. The van der Waals surface area contributed by atoms with Gasteiger partial charge in [0.05, 0.1) is 6.61 Å². The highest BCUT2D eigenvalue weighted by molar-refractivity contribution is 5.77. The van der Waals surface area contributed by atoms with Crippen molar-refractivity contribution in [3.8, 4) is 0 Å². The van der Waals surface area contributed by atoms with Gasteiger partial charge in [0.2, 0.25) is 0 Å². The Kier molecular flexibility index (Phi) is 5.80. The van der Waals surface area contributed by atoms with Crippen molar-refractivity contribution in [2.75, 3.05) is 13.7 Å². The molecule has 21 heavy (non-hydrogen) atoms. The second-order valence-electron chi connectivity index (χ2n) is 6.16. The summed E-state index contributed by atoms with van der Waals surface area (Å²) < 4.78 is 5.32. The van der Waals surface area contributed by atoms with Crippen LogP contribution in [0.25, 0.3) is 0 Å². The molecule has 1 aromatic carbocycles. The van der Waals surface area contributed by atoms with E-state index in [4.69, 9.17) is 4.74 Å². The van der Waals surface area contributed by atoms with Crippen LogP contribution in [0.5, 0.6) is 0 Å². The number of hydrogen-bond donors (Lipinski definition) is 0. The van der Waals surface area contributed by atoms with Crippen molar-refractivity contribution in [2.24, 2.45) is 5.92 Å². The first-order valence-corrected chi connectivity index (χ1v) is 8.07. The van der Waals surface area contributed by atoms with Crippen molar-refractivity contribution >= 4 is 5.97 Å². The van der Waals surface area contributed by atoms with Crippen LogP contribution in [0.3, 0.4) is 0 Å². The first kappa shape index (κ1) is 16.0. The molecule has 0 amide bonds. The molecular formula is C18H27NO2. The van der Waals surface area contributed by atoms with Crippen LogP contribution < -0.4 is 0 Å². The average Bonchev–Trinajstić information content (AvgIpc) is 2.49. The Morgan fingerprint density at radius 2 is 2.05 bits per heavy atom. The van der Waals surface area contributed by atoms with E-state index in [2.05, 4.69) is 18.9 Å². The lowest BCUT2D eigenvalue weighted by atomic mass is 9.85. The number of hydrogen-bond acceptors (Lipinski definition) is 3. The molecule has 1 saturated carbocycles. The van der Waals surface area contributed by atoms with Gasteiger partial charge >= 0.3 is 5.97 Å². The van der Waals surface area contributed by atoms with Gasteiger partial charge in [-0.15, -0.1) is 0 Å². The minimum Gasteiger partial charge on any atom is -0.465 e. The zero-order chi connectivity index (χ0) is 15.2. The Hall–Kier alpha value is -1.35. The van der Waals surface area contributed by atoms with E-state index in [0.29, 0.717) is 12.6 Å². The Morgan fingerprint density at radius 1 is 1.33 bits per heavy atom. The molecule has 0 spiro atoms. The van der Waals surface area contributed by atoms with E-state index in [1.807, 2.05) is 37.3 Å². The van der Waals surface area contributed by atoms with Gasteiger partial charge in [0, 0.05) is 6.04 Å². The zero-order valence-electron chi connectivity index (χ0n) is 13.4. The highest BCUT2D eigenvalue weighted by Gasteiger charge is 2.33. The molecule has 0 bridgehead atoms. The SMILES string of the molecule is CCOC(=O)C(c1ccccc1)N(C)C1CCCC(C)C1. The van der Waals surface area contributed by atoms with Crippen molar-refractivity contribution in [3.05, 3.63) is 35.9 Å². The summed E-state index contributed by atoms with van der Waals surface area (Å²) in [6, 6.07) is 10.2. The molecule has 0 N–H and O–H groups in total. The molecule has 0 radical (unpaired) electrons. The third-order valence-corrected chi connectivity index (χ3v) is 4.52. The fourth-order valence-electron chi connectivity index (χ4n) is 3.38. The molecule has 1 aliphatic carbocycles. The summed E-state index contributed by atoms with van der Waals surface area (Å²) in [5, 5.41) is 0. The van der Waals surface area contributed by atoms with Crippen molar-refractivity contribution in [1.29, 1.82) is 0 Å².